The molecule has 1 aromatic rings. The normalized spacial score (nSPS) is 16.5. The van der Waals surface area contributed by atoms with Crippen molar-refractivity contribution in [1.29, 1.82) is 0 Å². The molecule has 1 heterocycles. The molecule has 0 aliphatic heterocycles. The molecule has 24 heavy (non-hydrogen) atoms. The van der Waals surface area contributed by atoms with Gasteiger partial charge in [0.2, 0.25) is 10.0 Å². The van der Waals surface area contributed by atoms with Crippen LogP contribution in [0.25, 0.3) is 0 Å². The molecule has 0 spiro atoms. The third-order valence-corrected chi connectivity index (χ3v) is 6.87. The van der Waals surface area contributed by atoms with E-state index in [-0.39, 0.29) is 5.75 Å². The van der Waals surface area contributed by atoms with Crippen molar-refractivity contribution in [2.75, 3.05) is 5.75 Å². The molecule has 5 heteroatoms. The van der Waals surface area contributed by atoms with Gasteiger partial charge in [-0.1, -0.05) is 71.1 Å². The number of hydrogen-bond acceptors (Lipinski definition) is 3. The Morgan fingerprint density at radius 1 is 1.00 bits per heavy atom. The maximum atomic E-state index is 12.7. The molecule has 0 aromatic carbocycles. The molecular weight excluding hydrogens is 320 g/mol. The van der Waals surface area contributed by atoms with E-state index >= 15 is 0 Å². The lowest BCUT2D eigenvalue weighted by molar-refractivity contribution is 0.426. The van der Waals surface area contributed by atoms with Crippen LogP contribution in [0.5, 0.6) is 0 Å². The fourth-order valence-corrected chi connectivity index (χ4v) is 5.19. The van der Waals surface area contributed by atoms with Gasteiger partial charge in [0.05, 0.1) is 5.75 Å². The van der Waals surface area contributed by atoms with Crippen molar-refractivity contribution in [2.24, 2.45) is 0 Å². The van der Waals surface area contributed by atoms with Crippen molar-refractivity contribution in [3.63, 3.8) is 0 Å². The number of unbranched alkanes of at least 4 members (excludes halogenated alkanes) is 7. The fourth-order valence-electron chi connectivity index (χ4n) is 3.70. The molecule has 0 N–H and O–H groups in total. The minimum atomic E-state index is -3.24. The zero-order chi connectivity index (χ0) is 17.3. The molecule has 0 saturated heterocycles. The average molecular weight is 355 g/mol. The first kappa shape index (κ1) is 19.5. The number of nitrogens with zero attached hydrogens (tertiary/aromatic N) is 2. The smallest absolute Gasteiger partial charge is 0.239 e. The van der Waals surface area contributed by atoms with Gasteiger partial charge in [-0.15, -0.1) is 0 Å². The monoisotopic (exact) mass is 354 g/mol. The van der Waals surface area contributed by atoms with Gasteiger partial charge in [-0.25, -0.2) is 17.4 Å². The molecule has 1 aliphatic rings. The van der Waals surface area contributed by atoms with Crippen LogP contribution >= 0.6 is 0 Å². The minimum absolute atomic E-state index is 0.248. The highest BCUT2D eigenvalue weighted by molar-refractivity contribution is 7.89. The van der Waals surface area contributed by atoms with Crippen LogP contribution in [0.3, 0.4) is 0 Å². The largest absolute Gasteiger partial charge is 0.240 e. The summed E-state index contributed by atoms with van der Waals surface area (Å²) in [6, 6.07) is 0. The van der Waals surface area contributed by atoms with Gasteiger partial charge >= 0.3 is 0 Å². The molecule has 0 amide bonds. The summed E-state index contributed by atoms with van der Waals surface area (Å²) in [5, 5.41) is 0. The summed E-state index contributed by atoms with van der Waals surface area (Å²) in [7, 11) is -3.24. The van der Waals surface area contributed by atoms with Gasteiger partial charge in [0.25, 0.3) is 0 Å². The van der Waals surface area contributed by atoms with Gasteiger partial charge in [-0.05, 0) is 19.3 Å². The maximum absolute atomic E-state index is 12.7. The average Bonchev–Trinajstić information content (AvgIpc) is 3.09. The number of aromatic nitrogens is 2. The summed E-state index contributed by atoms with van der Waals surface area (Å²) in [6.45, 7) is 2.22. The number of hydrogen-bond donors (Lipinski definition) is 0. The first-order chi connectivity index (χ1) is 11.6. The number of rotatable bonds is 11. The Balaban J connectivity index is 1.77. The quantitative estimate of drug-likeness (QED) is 0.510. The Bertz CT molecular complexity index is 560. The first-order valence-corrected chi connectivity index (χ1v) is 11.5. The predicted molar refractivity (Wildman–Crippen MR) is 99.8 cm³/mol. The van der Waals surface area contributed by atoms with Crippen molar-refractivity contribution in [2.45, 2.75) is 96.3 Å². The number of imidazole rings is 1. The zero-order valence-electron chi connectivity index (χ0n) is 15.3. The molecule has 1 aliphatic carbocycles. The maximum Gasteiger partial charge on any atom is 0.239 e. The molecule has 138 valence electrons. The summed E-state index contributed by atoms with van der Waals surface area (Å²) < 4.78 is 26.8. The highest BCUT2D eigenvalue weighted by Gasteiger charge is 2.24. The lowest BCUT2D eigenvalue weighted by Crippen LogP contribution is -2.21. The van der Waals surface area contributed by atoms with Gasteiger partial charge in [0, 0.05) is 18.3 Å². The van der Waals surface area contributed by atoms with Crippen LogP contribution in [0.4, 0.5) is 0 Å². The molecule has 0 radical (unpaired) electrons. The van der Waals surface area contributed by atoms with E-state index < -0.39 is 10.0 Å². The standard InChI is InChI=1S/C19H34N2O2S/c1-2-3-4-5-6-7-8-12-17-24(22,23)21-16-15-20-19(21)18-13-10-9-11-14-18/h15-16,18H,2-14,17H2,1H3. The SMILES string of the molecule is CCCCCCCCCCS(=O)(=O)n1ccnc1C1CCCCC1. The van der Waals surface area contributed by atoms with Crippen molar-refractivity contribution >= 4 is 10.0 Å². The van der Waals surface area contributed by atoms with Crippen LogP contribution in [0.2, 0.25) is 0 Å². The van der Waals surface area contributed by atoms with E-state index in [4.69, 9.17) is 0 Å². The summed E-state index contributed by atoms with van der Waals surface area (Å²) in [5.41, 5.74) is 0. The van der Waals surface area contributed by atoms with Crippen LogP contribution in [-0.4, -0.2) is 23.1 Å². The van der Waals surface area contributed by atoms with Gasteiger partial charge in [0.15, 0.2) is 0 Å². The Kier molecular flexibility index (Phi) is 8.30. The Morgan fingerprint density at radius 2 is 1.62 bits per heavy atom. The molecule has 1 saturated carbocycles. The van der Waals surface area contributed by atoms with Gasteiger partial charge in [-0.3, -0.25) is 0 Å². The Morgan fingerprint density at radius 3 is 2.29 bits per heavy atom. The minimum Gasteiger partial charge on any atom is -0.240 e. The van der Waals surface area contributed by atoms with E-state index in [9.17, 15) is 8.42 Å². The third-order valence-electron chi connectivity index (χ3n) is 5.16. The van der Waals surface area contributed by atoms with Crippen molar-refractivity contribution in [3.8, 4) is 0 Å². The molecular formula is C19H34N2O2S. The Hall–Kier alpha value is -0.840. The highest BCUT2D eigenvalue weighted by Crippen LogP contribution is 2.32. The van der Waals surface area contributed by atoms with E-state index in [0.29, 0.717) is 5.92 Å². The summed E-state index contributed by atoms with van der Waals surface area (Å²) in [5.74, 6) is 1.34. The lowest BCUT2D eigenvalue weighted by atomic mass is 9.89. The summed E-state index contributed by atoms with van der Waals surface area (Å²) in [6.07, 6.45) is 18.4. The first-order valence-electron chi connectivity index (χ1n) is 9.91. The van der Waals surface area contributed by atoms with Crippen LogP contribution in [0.1, 0.15) is 102 Å². The fraction of sp³-hybridized carbons (Fsp3) is 0.842. The molecule has 4 nitrogen and oxygen atoms in total. The second-order valence-electron chi connectivity index (χ2n) is 7.21. The van der Waals surface area contributed by atoms with E-state index in [2.05, 4.69) is 11.9 Å². The summed E-state index contributed by atoms with van der Waals surface area (Å²) in [4.78, 5) is 4.38. The molecule has 0 atom stereocenters. The van der Waals surface area contributed by atoms with Crippen LogP contribution in [0, 0.1) is 0 Å². The second kappa shape index (κ2) is 10.2. The summed E-state index contributed by atoms with van der Waals surface area (Å²) >= 11 is 0. The van der Waals surface area contributed by atoms with Gasteiger partial charge in [-0.2, -0.15) is 0 Å². The van der Waals surface area contributed by atoms with Gasteiger partial charge in [0.1, 0.15) is 5.82 Å². The highest BCUT2D eigenvalue weighted by atomic mass is 32.2. The van der Waals surface area contributed by atoms with Crippen molar-refractivity contribution in [1.82, 2.24) is 8.96 Å². The third kappa shape index (κ3) is 5.91. The van der Waals surface area contributed by atoms with Crippen LogP contribution in [-0.2, 0) is 10.0 Å². The molecule has 0 bridgehead atoms. The molecule has 1 aromatic heterocycles. The van der Waals surface area contributed by atoms with Crippen LogP contribution < -0.4 is 0 Å². The predicted octanol–water partition coefficient (Wildman–Crippen LogP) is 5.25. The van der Waals surface area contributed by atoms with Crippen molar-refractivity contribution < 1.29 is 8.42 Å². The van der Waals surface area contributed by atoms with E-state index in [1.165, 1.54) is 55.3 Å². The lowest BCUT2D eigenvalue weighted by Gasteiger charge is -2.22. The zero-order valence-corrected chi connectivity index (χ0v) is 16.1. The Labute approximate surface area is 148 Å². The molecule has 0 unspecified atom stereocenters. The van der Waals surface area contributed by atoms with E-state index in [1.807, 2.05) is 0 Å². The second-order valence-corrected chi connectivity index (χ2v) is 9.17. The van der Waals surface area contributed by atoms with Crippen molar-refractivity contribution in [3.05, 3.63) is 18.2 Å². The van der Waals surface area contributed by atoms with Gasteiger partial charge < -0.3 is 0 Å². The molecule has 1 fully saturated rings. The molecule has 2 rings (SSSR count). The van der Waals surface area contributed by atoms with E-state index in [1.54, 1.807) is 12.4 Å². The van der Waals surface area contributed by atoms with Crippen LogP contribution in [0.15, 0.2) is 12.4 Å². The topological polar surface area (TPSA) is 52.0 Å². The van der Waals surface area contributed by atoms with E-state index in [0.717, 1.165) is 37.9 Å².